The van der Waals surface area contributed by atoms with Crippen LogP contribution < -0.4 is 0 Å². The first-order chi connectivity index (χ1) is 4.63. The molecule has 0 heterocycles. The molecule has 0 fully saturated rings. The molecule has 0 atom stereocenters. The predicted octanol–water partition coefficient (Wildman–Crippen LogP) is 1.47. The highest BCUT2D eigenvalue weighted by molar-refractivity contribution is 9.09. The van der Waals surface area contributed by atoms with Crippen molar-refractivity contribution in [2.24, 2.45) is 0 Å². The molecule has 0 aliphatic rings. The molecule has 2 nitrogen and oxygen atoms in total. The Balaban J connectivity index is 4.09. The summed E-state index contributed by atoms with van der Waals surface area (Å²) >= 11 is 5.87. The summed E-state index contributed by atoms with van der Waals surface area (Å²) < 4.78 is 0. The van der Waals surface area contributed by atoms with E-state index in [1.165, 1.54) is 0 Å². The van der Waals surface area contributed by atoms with Gasteiger partial charge in [0.15, 0.2) is 11.6 Å². The minimum Gasteiger partial charge on any atom is -0.293 e. The largest absolute Gasteiger partial charge is 0.293 e. The van der Waals surface area contributed by atoms with Crippen LogP contribution in [-0.2, 0) is 9.59 Å². The molecule has 0 radical (unpaired) electrons. The Morgan fingerprint density at radius 3 is 1.60 bits per heavy atom. The Labute approximate surface area is 75.9 Å². The molecule has 0 rings (SSSR count). The smallest absolute Gasteiger partial charge is 0.176 e. The number of allylic oxidation sites excluding steroid dienone is 1. The van der Waals surface area contributed by atoms with Gasteiger partial charge in [-0.25, -0.2) is 0 Å². The lowest BCUT2D eigenvalue weighted by Crippen LogP contribution is -2.13. The molecular formula is C6H6Br2O2. The fourth-order valence-corrected chi connectivity index (χ4v) is 0.994. The first-order valence-corrected chi connectivity index (χ1v) is 4.75. The van der Waals surface area contributed by atoms with Crippen molar-refractivity contribution in [3.63, 3.8) is 0 Å². The number of carbonyl (C=O) groups excluding carboxylic acids is 2. The van der Waals surface area contributed by atoms with E-state index in [0.717, 1.165) is 0 Å². The van der Waals surface area contributed by atoms with Crippen LogP contribution in [0.3, 0.4) is 0 Å². The lowest BCUT2D eigenvalue weighted by Gasteiger charge is -1.95. The lowest BCUT2D eigenvalue weighted by atomic mass is 10.1. The standard InChI is InChI=1S/C6H6Br2O2/c1-4(5(9)2-7)6(10)3-8/h1-3H2. The zero-order valence-electron chi connectivity index (χ0n) is 5.19. The Morgan fingerprint density at radius 2 is 1.40 bits per heavy atom. The zero-order valence-corrected chi connectivity index (χ0v) is 8.37. The van der Waals surface area contributed by atoms with Gasteiger partial charge >= 0.3 is 0 Å². The minimum absolute atomic E-state index is 0.0498. The fourth-order valence-electron chi connectivity index (χ4n) is 0.317. The minimum atomic E-state index is -0.260. The van der Waals surface area contributed by atoms with Crippen LogP contribution in [0.4, 0.5) is 0 Å². The Kier molecular flexibility index (Phi) is 4.81. The third kappa shape index (κ3) is 2.75. The van der Waals surface area contributed by atoms with Crippen LogP contribution in [0.15, 0.2) is 12.2 Å². The predicted molar refractivity (Wildman–Crippen MR) is 46.7 cm³/mol. The van der Waals surface area contributed by atoms with Gasteiger partial charge in [-0.3, -0.25) is 9.59 Å². The van der Waals surface area contributed by atoms with E-state index >= 15 is 0 Å². The van der Waals surface area contributed by atoms with Gasteiger partial charge in [0.05, 0.1) is 16.2 Å². The SMILES string of the molecule is C=C(C(=O)CBr)C(=O)CBr. The van der Waals surface area contributed by atoms with Crippen molar-refractivity contribution in [1.82, 2.24) is 0 Å². The summed E-state index contributed by atoms with van der Waals surface area (Å²) in [5, 5.41) is 0.315. The molecular weight excluding hydrogens is 264 g/mol. The Morgan fingerprint density at radius 1 is 1.10 bits per heavy atom. The van der Waals surface area contributed by atoms with Crippen molar-refractivity contribution in [3.05, 3.63) is 12.2 Å². The number of ketones is 2. The third-order valence-electron chi connectivity index (χ3n) is 0.916. The number of carbonyl (C=O) groups is 2. The number of alkyl halides is 2. The first-order valence-electron chi connectivity index (χ1n) is 2.50. The van der Waals surface area contributed by atoms with Crippen molar-refractivity contribution in [3.8, 4) is 0 Å². The van der Waals surface area contributed by atoms with E-state index in [9.17, 15) is 9.59 Å². The van der Waals surface area contributed by atoms with Crippen molar-refractivity contribution < 1.29 is 9.59 Å². The molecule has 0 spiro atoms. The van der Waals surface area contributed by atoms with Crippen molar-refractivity contribution in [1.29, 1.82) is 0 Å². The van der Waals surface area contributed by atoms with Crippen molar-refractivity contribution in [2.75, 3.05) is 10.7 Å². The molecule has 56 valence electrons. The van der Waals surface area contributed by atoms with E-state index in [1.807, 2.05) is 0 Å². The molecule has 0 N–H and O–H groups in total. The second-order valence-corrected chi connectivity index (χ2v) is 2.71. The molecule has 0 aliphatic carbocycles. The van der Waals surface area contributed by atoms with Gasteiger partial charge in [-0.1, -0.05) is 38.4 Å². The molecule has 0 aromatic carbocycles. The Hall–Kier alpha value is 0.0400. The second kappa shape index (κ2) is 4.79. The topological polar surface area (TPSA) is 34.1 Å². The second-order valence-electron chi connectivity index (χ2n) is 1.59. The maximum absolute atomic E-state index is 10.7. The van der Waals surface area contributed by atoms with Gasteiger partial charge in [0, 0.05) is 0 Å². The number of halogens is 2. The van der Waals surface area contributed by atoms with E-state index in [1.54, 1.807) is 0 Å². The molecule has 0 aliphatic heterocycles. The van der Waals surface area contributed by atoms with Crippen LogP contribution in [0.2, 0.25) is 0 Å². The highest BCUT2D eigenvalue weighted by Crippen LogP contribution is 2.00. The molecule has 10 heavy (non-hydrogen) atoms. The zero-order chi connectivity index (χ0) is 8.15. The molecule has 4 heteroatoms. The molecule has 0 amide bonds. The number of hydrogen-bond donors (Lipinski definition) is 0. The van der Waals surface area contributed by atoms with Crippen molar-refractivity contribution >= 4 is 43.4 Å². The summed E-state index contributed by atoms with van der Waals surface area (Å²) in [6.45, 7) is 3.34. The molecule has 0 saturated heterocycles. The van der Waals surface area contributed by atoms with Gasteiger partial charge in [0.2, 0.25) is 0 Å². The van der Waals surface area contributed by atoms with Gasteiger partial charge < -0.3 is 0 Å². The summed E-state index contributed by atoms with van der Waals surface area (Å²) in [5.41, 5.74) is 0.0498. The maximum Gasteiger partial charge on any atom is 0.176 e. The summed E-state index contributed by atoms with van der Waals surface area (Å²) in [7, 11) is 0. The van der Waals surface area contributed by atoms with Crippen LogP contribution in [0.5, 0.6) is 0 Å². The summed E-state index contributed by atoms with van der Waals surface area (Å²) in [6.07, 6.45) is 0. The average Bonchev–Trinajstić information content (AvgIpc) is 2.00. The van der Waals surface area contributed by atoms with Crippen LogP contribution in [0, 0.1) is 0 Å². The van der Waals surface area contributed by atoms with Crippen LogP contribution in [0.1, 0.15) is 0 Å². The van der Waals surface area contributed by atoms with E-state index < -0.39 is 0 Å². The van der Waals surface area contributed by atoms with E-state index in [0.29, 0.717) is 0 Å². The normalized spacial score (nSPS) is 9.00. The maximum atomic E-state index is 10.7. The van der Waals surface area contributed by atoms with E-state index in [4.69, 9.17) is 0 Å². The number of rotatable bonds is 4. The van der Waals surface area contributed by atoms with E-state index in [2.05, 4.69) is 38.4 Å². The molecule has 0 aromatic rings. The molecule has 0 bridgehead atoms. The Bertz CT molecular complexity index is 157. The summed E-state index contributed by atoms with van der Waals surface area (Å²) in [5.74, 6) is -0.520. The van der Waals surface area contributed by atoms with Crippen molar-refractivity contribution in [2.45, 2.75) is 0 Å². The van der Waals surface area contributed by atoms with Crippen LogP contribution in [-0.4, -0.2) is 22.2 Å². The first kappa shape index (κ1) is 10.0. The fraction of sp³-hybridized carbons (Fsp3) is 0.333. The average molecular weight is 270 g/mol. The third-order valence-corrected chi connectivity index (χ3v) is 1.93. The monoisotopic (exact) mass is 268 g/mol. The van der Waals surface area contributed by atoms with Gasteiger partial charge in [0.1, 0.15) is 0 Å². The van der Waals surface area contributed by atoms with Gasteiger partial charge in [-0.2, -0.15) is 0 Å². The molecule has 0 saturated carbocycles. The van der Waals surface area contributed by atoms with Gasteiger partial charge in [-0.15, -0.1) is 0 Å². The lowest BCUT2D eigenvalue weighted by molar-refractivity contribution is -0.118. The summed E-state index contributed by atoms with van der Waals surface area (Å²) in [6, 6.07) is 0. The molecule has 0 unspecified atom stereocenters. The van der Waals surface area contributed by atoms with Gasteiger partial charge in [0.25, 0.3) is 0 Å². The highest BCUT2D eigenvalue weighted by atomic mass is 79.9. The number of Topliss-reactive ketones (excluding diaryl/α,β-unsaturated/α-hetero) is 2. The van der Waals surface area contributed by atoms with Crippen LogP contribution in [0.25, 0.3) is 0 Å². The van der Waals surface area contributed by atoms with E-state index in [-0.39, 0.29) is 27.8 Å². The number of hydrogen-bond acceptors (Lipinski definition) is 2. The van der Waals surface area contributed by atoms with Crippen LogP contribution >= 0.6 is 31.9 Å². The van der Waals surface area contributed by atoms with Gasteiger partial charge in [-0.05, 0) is 0 Å². The highest BCUT2D eigenvalue weighted by Gasteiger charge is 2.11. The summed E-state index contributed by atoms with van der Waals surface area (Å²) in [4.78, 5) is 21.4. The quantitative estimate of drug-likeness (QED) is 0.335. The molecule has 0 aromatic heterocycles.